The van der Waals surface area contributed by atoms with Gasteiger partial charge < -0.3 is 24.5 Å². The fourth-order valence-corrected chi connectivity index (χ4v) is 4.39. The number of aryl methyl sites for hydroxylation is 2. The second-order valence-corrected chi connectivity index (χ2v) is 8.24. The topological polar surface area (TPSA) is 143 Å². The number of rotatable bonds is 7. The summed E-state index contributed by atoms with van der Waals surface area (Å²) in [5.41, 5.74) is 7.72. The summed E-state index contributed by atoms with van der Waals surface area (Å²) in [4.78, 5) is 24.6. The monoisotopic (exact) mass is 488 g/mol. The molecule has 0 saturated heterocycles. The first-order valence-electron chi connectivity index (χ1n) is 11.1. The van der Waals surface area contributed by atoms with Gasteiger partial charge in [-0.15, -0.1) is 0 Å². The molecular weight excluding hydrogens is 464 g/mol. The highest BCUT2D eigenvalue weighted by Gasteiger charge is 2.35. The molecule has 2 N–H and O–H groups in total. The predicted molar refractivity (Wildman–Crippen MR) is 131 cm³/mol. The molecule has 1 aliphatic heterocycles. The number of ether oxygens (including phenoxy) is 3. The van der Waals surface area contributed by atoms with E-state index in [1.165, 1.54) is 18.2 Å². The molecule has 10 heteroatoms. The molecule has 0 bridgehead atoms. The van der Waals surface area contributed by atoms with Crippen LogP contribution in [0.5, 0.6) is 17.2 Å². The number of allylic oxidation sites excluding steroid dienone is 1. The first-order valence-corrected chi connectivity index (χ1v) is 11.1. The van der Waals surface area contributed by atoms with Gasteiger partial charge in [-0.3, -0.25) is 14.9 Å². The standard InChI is InChI=1S/C26H24N4O6/c1-15-11-22-24(26(31)29(15)10-9-16-7-8-20(34-2)21(12-16)35-3)23(19(14-27)25(28)36-22)17-5-4-6-18(13-17)30(32)33/h4-8,11-13,23H,9-10,28H2,1-3H3/t23-/m1/s1. The van der Waals surface area contributed by atoms with E-state index >= 15 is 0 Å². The number of nitro benzene ring substituents is 1. The summed E-state index contributed by atoms with van der Waals surface area (Å²) in [6.07, 6.45) is 0.519. The van der Waals surface area contributed by atoms with Crippen LogP contribution in [-0.4, -0.2) is 23.7 Å². The summed E-state index contributed by atoms with van der Waals surface area (Å²) in [5, 5.41) is 21.2. The third kappa shape index (κ3) is 4.34. The number of fused-ring (bicyclic) bond motifs is 1. The molecular formula is C26H24N4O6. The summed E-state index contributed by atoms with van der Waals surface area (Å²) >= 11 is 0. The first-order chi connectivity index (χ1) is 17.3. The molecule has 0 spiro atoms. The maximum atomic E-state index is 13.8. The van der Waals surface area contributed by atoms with E-state index in [4.69, 9.17) is 19.9 Å². The van der Waals surface area contributed by atoms with Crippen LogP contribution in [0.15, 0.2) is 64.8 Å². The Bertz CT molecular complexity index is 1480. The van der Waals surface area contributed by atoms with E-state index in [0.29, 0.717) is 35.7 Å². The van der Waals surface area contributed by atoms with E-state index in [2.05, 4.69) is 0 Å². The highest BCUT2D eigenvalue weighted by Crippen LogP contribution is 2.41. The van der Waals surface area contributed by atoms with Crippen molar-refractivity contribution in [2.24, 2.45) is 5.73 Å². The van der Waals surface area contributed by atoms with Gasteiger partial charge in [0.15, 0.2) is 11.5 Å². The van der Waals surface area contributed by atoms with Gasteiger partial charge in [-0.25, -0.2) is 0 Å². The molecule has 184 valence electrons. The Hall–Kier alpha value is -4.78. The van der Waals surface area contributed by atoms with E-state index in [-0.39, 0.29) is 34.0 Å². The van der Waals surface area contributed by atoms with Crippen LogP contribution >= 0.6 is 0 Å². The van der Waals surface area contributed by atoms with Crippen molar-refractivity contribution < 1.29 is 19.1 Å². The number of nitrogens with zero attached hydrogens (tertiary/aromatic N) is 3. The molecule has 3 aromatic rings. The number of methoxy groups -OCH3 is 2. The lowest BCUT2D eigenvalue weighted by molar-refractivity contribution is -0.384. The number of nitriles is 1. The number of nitrogens with two attached hydrogens (primary N) is 1. The molecule has 0 amide bonds. The Kier molecular flexibility index (Phi) is 6.65. The molecule has 1 aromatic heterocycles. The number of aromatic nitrogens is 1. The zero-order valence-electron chi connectivity index (χ0n) is 20.0. The molecule has 4 rings (SSSR count). The number of non-ortho nitro benzene ring substituents is 1. The van der Waals surface area contributed by atoms with E-state index in [0.717, 1.165) is 5.56 Å². The van der Waals surface area contributed by atoms with Gasteiger partial charge in [0.25, 0.3) is 11.2 Å². The van der Waals surface area contributed by atoms with Crippen LogP contribution in [0.1, 0.15) is 28.3 Å². The lowest BCUT2D eigenvalue weighted by Crippen LogP contribution is -2.33. The van der Waals surface area contributed by atoms with Gasteiger partial charge in [0.2, 0.25) is 5.88 Å². The Morgan fingerprint density at radius 2 is 1.92 bits per heavy atom. The number of nitro groups is 1. The molecule has 1 aliphatic rings. The molecule has 2 heterocycles. The smallest absolute Gasteiger partial charge is 0.269 e. The van der Waals surface area contributed by atoms with Crippen LogP contribution in [-0.2, 0) is 13.0 Å². The van der Waals surface area contributed by atoms with Crippen molar-refractivity contribution in [2.45, 2.75) is 25.8 Å². The minimum Gasteiger partial charge on any atom is -0.493 e. The molecule has 0 radical (unpaired) electrons. The number of benzene rings is 2. The molecule has 1 atom stereocenters. The Morgan fingerprint density at radius 3 is 2.58 bits per heavy atom. The summed E-state index contributed by atoms with van der Waals surface area (Å²) in [5.74, 6) is 0.381. The van der Waals surface area contributed by atoms with E-state index < -0.39 is 10.8 Å². The fourth-order valence-electron chi connectivity index (χ4n) is 4.39. The number of pyridine rings is 1. The summed E-state index contributed by atoms with van der Waals surface area (Å²) in [7, 11) is 3.11. The molecule has 2 aromatic carbocycles. The lowest BCUT2D eigenvalue weighted by atomic mass is 9.84. The number of hydrogen-bond acceptors (Lipinski definition) is 8. The van der Waals surface area contributed by atoms with Crippen molar-refractivity contribution in [1.29, 1.82) is 5.26 Å². The Morgan fingerprint density at radius 1 is 1.17 bits per heavy atom. The van der Waals surface area contributed by atoms with Crippen LogP contribution in [0.4, 0.5) is 5.69 Å². The molecule has 0 unspecified atom stereocenters. The minimum atomic E-state index is -0.904. The zero-order chi connectivity index (χ0) is 26.0. The molecule has 0 saturated carbocycles. The largest absolute Gasteiger partial charge is 0.493 e. The first kappa shape index (κ1) is 24.3. The lowest BCUT2D eigenvalue weighted by Gasteiger charge is -2.27. The average molecular weight is 489 g/mol. The maximum Gasteiger partial charge on any atom is 0.269 e. The zero-order valence-corrected chi connectivity index (χ0v) is 20.0. The summed E-state index contributed by atoms with van der Waals surface area (Å²) < 4.78 is 17.9. The van der Waals surface area contributed by atoms with E-state index in [9.17, 15) is 20.2 Å². The SMILES string of the molecule is COc1ccc(CCn2c(C)cc3c(c2=O)[C@H](c2cccc([N+](=O)[O-])c2)C(C#N)=C(N)O3)cc1OC. The van der Waals surface area contributed by atoms with Gasteiger partial charge in [0.05, 0.1) is 30.6 Å². The van der Waals surface area contributed by atoms with Gasteiger partial charge in [-0.2, -0.15) is 5.26 Å². The molecule has 10 nitrogen and oxygen atoms in total. The highest BCUT2D eigenvalue weighted by molar-refractivity contribution is 5.56. The van der Waals surface area contributed by atoms with Gasteiger partial charge in [-0.05, 0) is 36.6 Å². The van der Waals surface area contributed by atoms with Crippen molar-refractivity contribution in [3.05, 3.63) is 103 Å². The van der Waals surface area contributed by atoms with Crippen molar-refractivity contribution in [3.8, 4) is 23.3 Å². The highest BCUT2D eigenvalue weighted by atomic mass is 16.6. The third-order valence-corrected chi connectivity index (χ3v) is 6.18. The van der Waals surface area contributed by atoms with Gasteiger partial charge in [0, 0.05) is 30.4 Å². The Labute approximate surface area is 206 Å². The van der Waals surface area contributed by atoms with Gasteiger partial charge in [0.1, 0.15) is 17.4 Å². The van der Waals surface area contributed by atoms with E-state index in [1.54, 1.807) is 43.9 Å². The summed E-state index contributed by atoms with van der Waals surface area (Å²) in [6.45, 7) is 2.12. The van der Waals surface area contributed by atoms with Crippen molar-refractivity contribution in [3.63, 3.8) is 0 Å². The molecule has 36 heavy (non-hydrogen) atoms. The normalized spacial score (nSPS) is 14.4. The van der Waals surface area contributed by atoms with E-state index in [1.807, 2.05) is 18.2 Å². The quantitative estimate of drug-likeness (QED) is 0.393. The van der Waals surface area contributed by atoms with Crippen LogP contribution in [0.2, 0.25) is 0 Å². The average Bonchev–Trinajstić information content (AvgIpc) is 2.87. The van der Waals surface area contributed by atoms with Crippen LogP contribution in [0.25, 0.3) is 0 Å². The minimum absolute atomic E-state index is 0.0235. The van der Waals surface area contributed by atoms with Crippen molar-refractivity contribution in [1.82, 2.24) is 4.57 Å². The van der Waals surface area contributed by atoms with Crippen LogP contribution in [0, 0.1) is 28.4 Å². The second-order valence-electron chi connectivity index (χ2n) is 8.24. The molecule has 0 fully saturated rings. The number of hydrogen-bond donors (Lipinski definition) is 1. The molecule has 0 aliphatic carbocycles. The van der Waals surface area contributed by atoms with Gasteiger partial charge >= 0.3 is 0 Å². The Balaban J connectivity index is 1.79. The van der Waals surface area contributed by atoms with Crippen molar-refractivity contribution in [2.75, 3.05) is 14.2 Å². The summed E-state index contributed by atoms with van der Waals surface area (Å²) in [6, 6.07) is 15.1. The van der Waals surface area contributed by atoms with Crippen molar-refractivity contribution >= 4 is 5.69 Å². The van der Waals surface area contributed by atoms with Crippen LogP contribution < -0.4 is 25.5 Å². The predicted octanol–water partition coefficient (Wildman–Crippen LogP) is 3.54. The maximum absolute atomic E-state index is 13.8. The fraction of sp³-hybridized carbons (Fsp3) is 0.231. The third-order valence-electron chi connectivity index (χ3n) is 6.18. The van der Waals surface area contributed by atoms with Crippen LogP contribution in [0.3, 0.4) is 0 Å². The second kappa shape index (κ2) is 9.84. The van der Waals surface area contributed by atoms with Gasteiger partial charge in [-0.1, -0.05) is 18.2 Å².